The molecular weight excluding hydrogens is 220 g/mol. The van der Waals surface area contributed by atoms with Crippen LogP contribution in [0.3, 0.4) is 0 Å². The van der Waals surface area contributed by atoms with Gasteiger partial charge < -0.3 is 14.9 Å². The van der Waals surface area contributed by atoms with Crippen molar-refractivity contribution in [3.05, 3.63) is 12.2 Å². The average molecular weight is 240 g/mol. The summed E-state index contributed by atoms with van der Waals surface area (Å²) in [7, 11) is 0. The molecule has 0 bridgehead atoms. The first-order chi connectivity index (χ1) is 8.06. The number of carbonyl (C=O) groups excluding carboxylic acids is 1. The van der Waals surface area contributed by atoms with E-state index in [1.807, 2.05) is 26.0 Å². The molecule has 17 heavy (non-hydrogen) atoms. The van der Waals surface area contributed by atoms with Gasteiger partial charge >= 0.3 is 12.0 Å². The minimum atomic E-state index is -0.966. The Morgan fingerprint density at radius 3 is 2.65 bits per heavy atom. The molecule has 0 saturated heterocycles. The van der Waals surface area contributed by atoms with Crippen LogP contribution >= 0.6 is 0 Å². The Balaban J connectivity index is 2.70. The number of nitrogens with zero attached hydrogens (tertiary/aromatic N) is 2. The maximum absolute atomic E-state index is 12.2. The fourth-order valence-electron chi connectivity index (χ4n) is 1.77. The van der Waals surface area contributed by atoms with Crippen LogP contribution in [-0.4, -0.2) is 52.6 Å². The highest BCUT2D eigenvalue weighted by molar-refractivity contribution is 5.80. The molecule has 1 unspecified atom stereocenters. The SMILES string of the molecule is CCC(C)N(CC(=O)O)C(=O)N1CC=CCC1. The van der Waals surface area contributed by atoms with Crippen LogP contribution in [0.25, 0.3) is 0 Å². The number of rotatable bonds is 4. The van der Waals surface area contributed by atoms with Gasteiger partial charge in [-0.1, -0.05) is 19.1 Å². The zero-order valence-corrected chi connectivity index (χ0v) is 10.4. The lowest BCUT2D eigenvalue weighted by Crippen LogP contribution is -2.50. The van der Waals surface area contributed by atoms with Crippen LogP contribution in [-0.2, 0) is 4.79 Å². The standard InChI is InChI=1S/C12H20N2O3/c1-3-10(2)14(9-11(15)16)12(17)13-7-5-4-6-8-13/h4-5,10H,3,6-9H2,1-2H3,(H,15,16). The topological polar surface area (TPSA) is 60.9 Å². The summed E-state index contributed by atoms with van der Waals surface area (Å²) in [6.07, 6.45) is 5.57. The number of aliphatic carboxylic acids is 1. The third-order valence-electron chi connectivity index (χ3n) is 3.00. The van der Waals surface area contributed by atoms with Crippen molar-refractivity contribution in [3.63, 3.8) is 0 Å². The summed E-state index contributed by atoms with van der Waals surface area (Å²) in [5.74, 6) is -0.966. The molecule has 0 aromatic rings. The monoisotopic (exact) mass is 240 g/mol. The molecule has 1 atom stereocenters. The van der Waals surface area contributed by atoms with Gasteiger partial charge in [-0.25, -0.2) is 4.79 Å². The normalized spacial score (nSPS) is 16.7. The Bertz CT molecular complexity index is 315. The first-order valence-electron chi connectivity index (χ1n) is 5.98. The van der Waals surface area contributed by atoms with Crippen molar-refractivity contribution in [1.29, 1.82) is 0 Å². The Morgan fingerprint density at radius 1 is 1.47 bits per heavy atom. The molecule has 96 valence electrons. The maximum atomic E-state index is 12.2. The lowest BCUT2D eigenvalue weighted by Gasteiger charge is -2.33. The molecule has 1 rings (SSSR count). The first kappa shape index (κ1) is 13.5. The molecule has 1 aliphatic rings. The number of amides is 2. The average Bonchev–Trinajstić information content (AvgIpc) is 2.35. The molecule has 0 spiro atoms. The van der Waals surface area contributed by atoms with Gasteiger partial charge in [0, 0.05) is 19.1 Å². The van der Waals surface area contributed by atoms with Crippen molar-refractivity contribution >= 4 is 12.0 Å². The van der Waals surface area contributed by atoms with Gasteiger partial charge in [-0.2, -0.15) is 0 Å². The fraction of sp³-hybridized carbons (Fsp3) is 0.667. The third kappa shape index (κ3) is 3.76. The molecule has 0 aromatic carbocycles. The number of carboxylic acids is 1. The van der Waals surface area contributed by atoms with Crippen molar-refractivity contribution in [3.8, 4) is 0 Å². The predicted molar refractivity (Wildman–Crippen MR) is 64.8 cm³/mol. The van der Waals surface area contributed by atoms with E-state index in [1.54, 1.807) is 4.90 Å². The van der Waals surface area contributed by atoms with E-state index < -0.39 is 5.97 Å². The molecular formula is C12H20N2O3. The molecule has 0 radical (unpaired) electrons. The smallest absolute Gasteiger partial charge is 0.323 e. The minimum absolute atomic E-state index is 0.0514. The number of carboxylic acid groups (broad SMARTS) is 1. The van der Waals surface area contributed by atoms with Gasteiger partial charge in [0.2, 0.25) is 0 Å². The van der Waals surface area contributed by atoms with Crippen molar-refractivity contribution in [2.24, 2.45) is 0 Å². The van der Waals surface area contributed by atoms with Crippen LogP contribution in [0.4, 0.5) is 4.79 Å². The maximum Gasteiger partial charge on any atom is 0.323 e. The van der Waals surface area contributed by atoms with Crippen molar-refractivity contribution in [2.45, 2.75) is 32.7 Å². The summed E-state index contributed by atoms with van der Waals surface area (Å²) < 4.78 is 0. The molecule has 1 N–H and O–H groups in total. The van der Waals surface area contributed by atoms with Crippen molar-refractivity contribution < 1.29 is 14.7 Å². The second-order valence-corrected chi connectivity index (χ2v) is 4.27. The molecule has 0 fully saturated rings. The third-order valence-corrected chi connectivity index (χ3v) is 3.00. The summed E-state index contributed by atoms with van der Waals surface area (Å²) in [5.41, 5.74) is 0. The van der Waals surface area contributed by atoms with Crippen molar-refractivity contribution in [1.82, 2.24) is 9.80 Å². The summed E-state index contributed by atoms with van der Waals surface area (Å²) in [4.78, 5) is 26.1. The zero-order chi connectivity index (χ0) is 12.8. The van der Waals surface area contributed by atoms with E-state index in [-0.39, 0.29) is 18.6 Å². The number of urea groups is 1. The molecule has 1 heterocycles. The number of hydrogen-bond acceptors (Lipinski definition) is 2. The van der Waals surface area contributed by atoms with E-state index in [2.05, 4.69) is 0 Å². The van der Waals surface area contributed by atoms with Crippen LogP contribution in [0.1, 0.15) is 26.7 Å². The predicted octanol–water partition coefficient (Wildman–Crippen LogP) is 1.55. The Hall–Kier alpha value is -1.52. The lowest BCUT2D eigenvalue weighted by atomic mass is 10.2. The van der Waals surface area contributed by atoms with Crippen LogP contribution < -0.4 is 0 Å². The van der Waals surface area contributed by atoms with Gasteiger partial charge in [-0.3, -0.25) is 4.79 Å². The Labute approximate surface area is 102 Å². The van der Waals surface area contributed by atoms with E-state index in [1.165, 1.54) is 4.90 Å². The summed E-state index contributed by atoms with van der Waals surface area (Å²) in [6.45, 7) is 4.84. The van der Waals surface area contributed by atoms with Gasteiger partial charge in [0.05, 0.1) is 0 Å². The quantitative estimate of drug-likeness (QED) is 0.758. The lowest BCUT2D eigenvalue weighted by molar-refractivity contribution is -0.138. The van der Waals surface area contributed by atoms with Crippen molar-refractivity contribution in [2.75, 3.05) is 19.6 Å². The van der Waals surface area contributed by atoms with E-state index in [0.717, 1.165) is 12.8 Å². The Morgan fingerprint density at radius 2 is 2.18 bits per heavy atom. The van der Waals surface area contributed by atoms with Gasteiger partial charge in [0.1, 0.15) is 6.54 Å². The molecule has 5 nitrogen and oxygen atoms in total. The molecule has 0 aliphatic carbocycles. The molecule has 1 aliphatic heterocycles. The molecule has 5 heteroatoms. The van der Waals surface area contributed by atoms with Gasteiger partial charge in [-0.05, 0) is 19.8 Å². The van der Waals surface area contributed by atoms with Gasteiger partial charge in [0.25, 0.3) is 0 Å². The van der Waals surface area contributed by atoms with E-state index in [4.69, 9.17) is 5.11 Å². The van der Waals surface area contributed by atoms with Gasteiger partial charge in [-0.15, -0.1) is 0 Å². The number of hydrogen-bond donors (Lipinski definition) is 1. The number of carbonyl (C=O) groups is 2. The molecule has 0 saturated carbocycles. The van der Waals surface area contributed by atoms with Gasteiger partial charge in [0.15, 0.2) is 0 Å². The molecule has 0 aromatic heterocycles. The summed E-state index contributed by atoms with van der Waals surface area (Å²) >= 11 is 0. The Kier molecular flexibility index (Phi) is 5.00. The fourth-order valence-corrected chi connectivity index (χ4v) is 1.77. The largest absolute Gasteiger partial charge is 0.480 e. The summed E-state index contributed by atoms with van der Waals surface area (Å²) in [5, 5.41) is 8.85. The second-order valence-electron chi connectivity index (χ2n) is 4.27. The first-order valence-corrected chi connectivity index (χ1v) is 5.98. The van der Waals surface area contributed by atoms with E-state index >= 15 is 0 Å². The second kappa shape index (κ2) is 6.27. The minimum Gasteiger partial charge on any atom is -0.480 e. The highest BCUT2D eigenvalue weighted by Crippen LogP contribution is 2.10. The van der Waals surface area contributed by atoms with Crippen LogP contribution in [0.2, 0.25) is 0 Å². The van der Waals surface area contributed by atoms with Crippen LogP contribution in [0.15, 0.2) is 12.2 Å². The van der Waals surface area contributed by atoms with Crippen LogP contribution in [0.5, 0.6) is 0 Å². The highest BCUT2D eigenvalue weighted by atomic mass is 16.4. The highest BCUT2D eigenvalue weighted by Gasteiger charge is 2.26. The summed E-state index contributed by atoms with van der Waals surface area (Å²) in [6, 6.07) is -0.226. The van der Waals surface area contributed by atoms with Crippen LogP contribution in [0, 0.1) is 0 Å². The molecule has 2 amide bonds. The zero-order valence-electron chi connectivity index (χ0n) is 10.4. The van der Waals surface area contributed by atoms with E-state index in [0.29, 0.717) is 13.1 Å². The van der Waals surface area contributed by atoms with E-state index in [9.17, 15) is 9.59 Å².